The van der Waals surface area contributed by atoms with Gasteiger partial charge >= 0.3 is 0 Å². The summed E-state index contributed by atoms with van der Waals surface area (Å²) in [6, 6.07) is 7.02. The first kappa shape index (κ1) is 16.0. The number of hydrogen-bond donors (Lipinski definition) is 1. The van der Waals surface area contributed by atoms with Crippen molar-refractivity contribution < 1.29 is 4.74 Å². The molecule has 4 fully saturated rings. The van der Waals surface area contributed by atoms with Crippen LogP contribution in [0.15, 0.2) is 22.7 Å². The minimum Gasteiger partial charge on any atom is -0.496 e. The Hall–Kier alpha value is -0.540. The number of nitrogens with one attached hydrogen (secondary N) is 1. The molecule has 126 valence electrons. The van der Waals surface area contributed by atoms with Crippen LogP contribution in [0.4, 0.5) is 0 Å². The minimum absolute atomic E-state index is 0.582. The van der Waals surface area contributed by atoms with Crippen LogP contribution in [0.3, 0.4) is 0 Å². The Kier molecular flexibility index (Phi) is 4.21. The Morgan fingerprint density at radius 2 is 1.78 bits per heavy atom. The fourth-order valence-corrected chi connectivity index (χ4v) is 6.60. The van der Waals surface area contributed by atoms with Gasteiger partial charge in [-0.1, -0.05) is 6.07 Å². The largest absolute Gasteiger partial charge is 0.496 e. The van der Waals surface area contributed by atoms with Gasteiger partial charge in [-0.3, -0.25) is 0 Å². The van der Waals surface area contributed by atoms with Gasteiger partial charge in [-0.05, 0) is 102 Å². The van der Waals surface area contributed by atoms with Crippen LogP contribution < -0.4 is 10.1 Å². The zero-order valence-electron chi connectivity index (χ0n) is 14.3. The summed E-state index contributed by atoms with van der Waals surface area (Å²) in [6.07, 6.45) is 8.99. The molecule has 1 N–H and O–H groups in total. The quantitative estimate of drug-likeness (QED) is 0.765. The zero-order chi connectivity index (χ0) is 16.0. The molecular weight excluding hydrogens is 350 g/mol. The van der Waals surface area contributed by atoms with Crippen molar-refractivity contribution >= 4 is 15.9 Å². The average Bonchev–Trinajstić information content (AvgIpc) is 2.51. The topological polar surface area (TPSA) is 21.3 Å². The van der Waals surface area contributed by atoms with Crippen molar-refractivity contribution in [3.05, 3.63) is 28.2 Å². The molecule has 0 aliphatic heterocycles. The lowest BCUT2D eigenvalue weighted by Gasteiger charge is -2.59. The maximum absolute atomic E-state index is 5.32. The molecule has 2 nitrogen and oxygen atoms in total. The normalized spacial score (nSPS) is 36.2. The van der Waals surface area contributed by atoms with Crippen LogP contribution in [-0.4, -0.2) is 13.2 Å². The molecule has 4 aliphatic carbocycles. The molecule has 5 rings (SSSR count). The van der Waals surface area contributed by atoms with Gasteiger partial charge in [0.05, 0.1) is 11.6 Å². The lowest BCUT2D eigenvalue weighted by molar-refractivity contribution is -0.0706. The molecule has 1 atom stereocenters. The van der Waals surface area contributed by atoms with E-state index in [2.05, 4.69) is 46.4 Å². The van der Waals surface area contributed by atoms with E-state index in [0.717, 1.165) is 34.5 Å². The Morgan fingerprint density at radius 1 is 1.17 bits per heavy atom. The zero-order valence-corrected chi connectivity index (χ0v) is 15.9. The van der Waals surface area contributed by atoms with Crippen molar-refractivity contribution in [1.29, 1.82) is 0 Å². The maximum Gasteiger partial charge on any atom is 0.133 e. The van der Waals surface area contributed by atoms with Crippen molar-refractivity contribution in [2.45, 2.75) is 58.0 Å². The van der Waals surface area contributed by atoms with E-state index in [-0.39, 0.29) is 0 Å². The lowest BCUT2D eigenvalue weighted by Crippen LogP contribution is -2.54. The number of methoxy groups -OCH3 is 1. The van der Waals surface area contributed by atoms with Crippen LogP contribution in [0, 0.1) is 23.2 Å². The minimum atomic E-state index is 0.582. The van der Waals surface area contributed by atoms with Crippen LogP contribution in [0.1, 0.15) is 51.0 Å². The van der Waals surface area contributed by atoms with Gasteiger partial charge in [-0.25, -0.2) is 0 Å². The van der Waals surface area contributed by atoms with E-state index < -0.39 is 0 Å². The molecule has 4 saturated carbocycles. The van der Waals surface area contributed by atoms with Crippen molar-refractivity contribution in [1.82, 2.24) is 5.32 Å². The van der Waals surface area contributed by atoms with E-state index in [4.69, 9.17) is 4.74 Å². The summed E-state index contributed by atoms with van der Waals surface area (Å²) >= 11 is 3.59. The molecule has 0 spiro atoms. The van der Waals surface area contributed by atoms with E-state index in [9.17, 15) is 0 Å². The van der Waals surface area contributed by atoms with Crippen LogP contribution in [0.25, 0.3) is 0 Å². The first-order chi connectivity index (χ1) is 11.1. The first-order valence-electron chi connectivity index (χ1n) is 9.14. The van der Waals surface area contributed by atoms with Crippen molar-refractivity contribution in [2.75, 3.05) is 7.11 Å². The van der Waals surface area contributed by atoms with Gasteiger partial charge in [0.1, 0.15) is 5.75 Å². The predicted octanol–water partition coefficient (Wildman–Crippen LogP) is 5.15. The van der Waals surface area contributed by atoms with Crippen LogP contribution in [0.5, 0.6) is 5.75 Å². The molecular formula is C20H28BrNO. The summed E-state index contributed by atoms with van der Waals surface area (Å²) in [6.45, 7) is 3.39. The Balaban J connectivity index is 1.42. The van der Waals surface area contributed by atoms with Gasteiger partial charge < -0.3 is 10.1 Å². The van der Waals surface area contributed by atoms with Crippen LogP contribution >= 0.6 is 15.9 Å². The first-order valence-corrected chi connectivity index (χ1v) is 9.93. The fourth-order valence-electron chi connectivity index (χ4n) is 6.02. The summed E-state index contributed by atoms with van der Waals surface area (Å²) in [5.41, 5.74) is 1.91. The van der Waals surface area contributed by atoms with Crippen molar-refractivity contribution in [3.63, 3.8) is 0 Å². The molecule has 0 amide bonds. The molecule has 4 bridgehead atoms. The van der Waals surface area contributed by atoms with Gasteiger partial charge in [-0.2, -0.15) is 0 Å². The van der Waals surface area contributed by atoms with Gasteiger partial charge in [-0.15, -0.1) is 0 Å². The van der Waals surface area contributed by atoms with E-state index in [1.165, 1.54) is 44.1 Å². The second-order valence-electron chi connectivity index (χ2n) is 8.35. The highest BCUT2D eigenvalue weighted by atomic mass is 79.9. The van der Waals surface area contributed by atoms with Crippen LogP contribution in [-0.2, 0) is 6.54 Å². The van der Waals surface area contributed by atoms with Crippen LogP contribution in [0.2, 0.25) is 0 Å². The number of ether oxygens (including phenoxy) is 1. The molecule has 1 aromatic carbocycles. The Labute approximate surface area is 148 Å². The number of hydrogen-bond acceptors (Lipinski definition) is 2. The molecule has 4 aliphatic rings. The summed E-state index contributed by atoms with van der Waals surface area (Å²) in [4.78, 5) is 0. The average molecular weight is 378 g/mol. The SMILES string of the molecule is COc1ccc(CNC(C)C23CC4CC(CC(C4)C2)C3)cc1Br. The van der Waals surface area contributed by atoms with E-state index in [1.807, 2.05) is 0 Å². The Morgan fingerprint density at radius 3 is 2.30 bits per heavy atom. The van der Waals surface area contributed by atoms with E-state index >= 15 is 0 Å². The highest BCUT2D eigenvalue weighted by molar-refractivity contribution is 9.10. The van der Waals surface area contributed by atoms with Gasteiger partial charge in [0.15, 0.2) is 0 Å². The third kappa shape index (κ3) is 2.95. The highest BCUT2D eigenvalue weighted by Gasteiger charge is 2.52. The summed E-state index contributed by atoms with van der Waals surface area (Å²) in [5.74, 6) is 3.99. The predicted molar refractivity (Wildman–Crippen MR) is 97.6 cm³/mol. The molecule has 0 heterocycles. The third-order valence-corrected chi connectivity index (χ3v) is 7.45. The third-order valence-electron chi connectivity index (χ3n) is 6.83. The number of benzene rings is 1. The second kappa shape index (κ2) is 6.07. The Bertz CT molecular complexity index is 550. The lowest BCUT2D eigenvalue weighted by atomic mass is 9.48. The summed E-state index contributed by atoms with van der Waals surface area (Å²) in [5, 5.41) is 3.86. The highest BCUT2D eigenvalue weighted by Crippen LogP contribution is 2.61. The standard InChI is InChI=1S/C20H28BrNO/c1-13(22-12-14-3-4-19(23-2)18(21)8-14)20-9-15-5-16(10-20)7-17(6-15)11-20/h3-4,8,13,15-17,22H,5-7,9-12H2,1-2H3. The molecule has 1 aromatic rings. The fraction of sp³-hybridized carbons (Fsp3) is 0.700. The number of halogens is 1. The van der Waals surface area contributed by atoms with Gasteiger partial charge in [0, 0.05) is 12.6 Å². The maximum atomic E-state index is 5.32. The van der Waals surface area contributed by atoms with E-state index in [1.54, 1.807) is 7.11 Å². The van der Waals surface area contributed by atoms with Crippen molar-refractivity contribution in [2.24, 2.45) is 23.2 Å². The molecule has 0 saturated heterocycles. The molecule has 0 aromatic heterocycles. The molecule has 23 heavy (non-hydrogen) atoms. The smallest absolute Gasteiger partial charge is 0.133 e. The molecule has 1 unspecified atom stereocenters. The van der Waals surface area contributed by atoms with Gasteiger partial charge in [0.25, 0.3) is 0 Å². The van der Waals surface area contributed by atoms with E-state index in [0.29, 0.717) is 11.5 Å². The summed E-state index contributed by atoms with van der Waals surface area (Å²) < 4.78 is 6.37. The number of rotatable bonds is 5. The molecule has 0 radical (unpaired) electrons. The van der Waals surface area contributed by atoms with Crippen molar-refractivity contribution in [3.8, 4) is 5.75 Å². The molecule has 3 heteroatoms. The second-order valence-corrected chi connectivity index (χ2v) is 9.21. The summed E-state index contributed by atoms with van der Waals surface area (Å²) in [7, 11) is 1.72. The monoisotopic (exact) mass is 377 g/mol. The van der Waals surface area contributed by atoms with Gasteiger partial charge in [0.2, 0.25) is 0 Å².